The molecule has 0 aliphatic carbocycles. The van der Waals surface area contributed by atoms with Crippen LogP contribution in [0.15, 0.2) is 24.3 Å². The van der Waals surface area contributed by atoms with E-state index in [9.17, 15) is 9.90 Å². The molecule has 0 spiro atoms. The second-order valence-electron chi connectivity index (χ2n) is 2.77. The number of nitrogens with zero attached hydrogens (tertiary/aromatic N) is 1. The summed E-state index contributed by atoms with van der Waals surface area (Å²) in [4.78, 5) is 10.6. The molecule has 0 aliphatic rings. The van der Waals surface area contributed by atoms with Crippen molar-refractivity contribution in [1.29, 1.82) is 5.26 Å². The summed E-state index contributed by atoms with van der Waals surface area (Å²) in [5.41, 5.74) is 4.85. The molecule has 5 nitrogen and oxygen atoms in total. The lowest BCUT2D eigenvalue weighted by atomic mass is 10.1. The van der Waals surface area contributed by atoms with E-state index in [4.69, 9.17) is 16.1 Å². The molecule has 1 amide bonds. The van der Waals surface area contributed by atoms with Crippen molar-refractivity contribution in [1.82, 2.24) is 0 Å². The van der Waals surface area contributed by atoms with Crippen molar-refractivity contribution in [3.05, 3.63) is 29.8 Å². The molecule has 0 radical (unpaired) electrons. The zero-order valence-corrected chi connectivity index (χ0v) is 7.64. The fourth-order valence-corrected chi connectivity index (χ4v) is 1.05. The average molecular weight is 204 g/mol. The second-order valence-corrected chi connectivity index (χ2v) is 2.77. The first-order valence-corrected chi connectivity index (χ1v) is 3.98. The Kier molecular flexibility index (Phi) is 2.94. The van der Waals surface area contributed by atoms with Gasteiger partial charge in [0.1, 0.15) is 17.6 Å². The van der Waals surface area contributed by atoms with Gasteiger partial charge in [-0.3, -0.25) is 4.79 Å². The molecule has 1 rings (SSSR count). The molecular formula is C10H8N2O3. The van der Waals surface area contributed by atoms with Gasteiger partial charge in [0.25, 0.3) is 0 Å². The first-order chi connectivity index (χ1) is 7.04. The van der Waals surface area contributed by atoms with Gasteiger partial charge in [0.15, 0.2) is 0 Å². The number of aromatic hydroxyl groups is 2. The maximum absolute atomic E-state index is 10.6. The second kappa shape index (κ2) is 4.15. The molecule has 4 N–H and O–H groups in total. The number of nitriles is 1. The van der Waals surface area contributed by atoms with E-state index >= 15 is 0 Å². The number of hydrogen-bond acceptors (Lipinski definition) is 4. The van der Waals surface area contributed by atoms with E-state index in [1.54, 1.807) is 6.07 Å². The Labute approximate surface area is 85.7 Å². The number of carbonyl (C=O) groups excluding carboxylic acids is 1. The first kappa shape index (κ1) is 10.6. The molecule has 1 aromatic rings. The van der Waals surface area contributed by atoms with Gasteiger partial charge in [-0.25, -0.2) is 0 Å². The number of amides is 1. The van der Waals surface area contributed by atoms with Crippen LogP contribution in [-0.4, -0.2) is 16.1 Å². The van der Waals surface area contributed by atoms with Crippen LogP contribution in [0.1, 0.15) is 5.56 Å². The van der Waals surface area contributed by atoms with Crippen LogP contribution >= 0.6 is 0 Å². The number of primary amides is 1. The van der Waals surface area contributed by atoms with E-state index in [0.29, 0.717) is 0 Å². The van der Waals surface area contributed by atoms with Crippen molar-refractivity contribution >= 4 is 11.5 Å². The number of nitrogens with two attached hydrogens (primary N) is 1. The van der Waals surface area contributed by atoms with Gasteiger partial charge in [-0.1, -0.05) is 0 Å². The fourth-order valence-electron chi connectivity index (χ4n) is 1.05. The molecule has 0 aliphatic heterocycles. The summed E-state index contributed by atoms with van der Waals surface area (Å²) in [6, 6.07) is 5.36. The number of phenolic OH excluding ortho intramolecular Hbond substituents is 2. The Morgan fingerprint density at radius 1 is 1.47 bits per heavy atom. The maximum atomic E-state index is 10.6. The maximum Gasteiger partial charge on any atom is 0.242 e. The highest BCUT2D eigenvalue weighted by molar-refractivity contribution is 5.98. The molecule has 0 unspecified atom stereocenters. The highest BCUT2D eigenvalue weighted by Crippen LogP contribution is 2.28. The van der Waals surface area contributed by atoms with E-state index in [0.717, 1.165) is 6.08 Å². The fraction of sp³-hybridized carbons (Fsp3) is 0. The SMILES string of the molecule is N#CC(=CC(N)=O)c1cc(O)ccc1O. The number of carbonyl (C=O) groups is 1. The topological polar surface area (TPSA) is 107 Å². The van der Waals surface area contributed by atoms with E-state index in [-0.39, 0.29) is 22.6 Å². The molecule has 0 saturated heterocycles. The van der Waals surface area contributed by atoms with Gasteiger partial charge in [-0.05, 0) is 18.2 Å². The van der Waals surface area contributed by atoms with Crippen LogP contribution in [0, 0.1) is 11.3 Å². The Hall–Kier alpha value is -2.48. The van der Waals surface area contributed by atoms with E-state index in [1.807, 2.05) is 0 Å². The first-order valence-electron chi connectivity index (χ1n) is 3.98. The van der Waals surface area contributed by atoms with Gasteiger partial charge in [-0.2, -0.15) is 5.26 Å². The van der Waals surface area contributed by atoms with E-state index in [1.165, 1.54) is 18.2 Å². The standard InChI is InChI=1S/C10H8N2O3/c11-5-6(3-10(12)15)8-4-7(13)1-2-9(8)14/h1-4,13-14H,(H2,12,15). The zero-order valence-electron chi connectivity index (χ0n) is 7.64. The van der Waals surface area contributed by atoms with Gasteiger partial charge in [-0.15, -0.1) is 0 Å². The van der Waals surface area contributed by atoms with Crippen LogP contribution in [-0.2, 0) is 4.79 Å². The van der Waals surface area contributed by atoms with Gasteiger partial charge < -0.3 is 15.9 Å². The Morgan fingerprint density at radius 2 is 2.13 bits per heavy atom. The van der Waals surface area contributed by atoms with Crippen LogP contribution in [0.4, 0.5) is 0 Å². The molecule has 0 saturated carbocycles. The number of rotatable bonds is 2. The number of allylic oxidation sites excluding steroid dienone is 1. The molecule has 0 atom stereocenters. The van der Waals surface area contributed by atoms with Gasteiger partial charge in [0.2, 0.25) is 5.91 Å². The molecule has 0 aromatic heterocycles. The number of hydrogen-bond donors (Lipinski definition) is 3. The van der Waals surface area contributed by atoms with Crippen LogP contribution in [0.5, 0.6) is 11.5 Å². The minimum absolute atomic E-state index is 0.0660. The summed E-state index contributed by atoms with van der Waals surface area (Å²) in [6.07, 6.45) is 0.883. The Balaban J connectivity index is 3.31. The molecule has 15 heavy (non-hydrogen) atoms. The van der Waals surface area contributed by atoms with Crippen molar-refractivity contribution < 1.29 is 15.0 Å². The van der Waals surface area contributed by atoms with Gasteiger partial charge >= 0.3 is 0 Å². The predicted octanol–water partition coefficient (Wildman–Crippen LogP) is 0.490. The lowest BCUT2D eigenvalue weighted by molar-refractivity contribution is -0.113. The van der Waals surface area contributed by atoms with Crippen LogP contribution in [0.25, 0.3) is 5.57 Å². The third kappa shape index (κ3) is 2.48. The van der Waals surface area contributed by atoms with Crippen molar-refractivity contribution in [2.75, 3.05) is 0 Å². The summed E-state index contributed by atoms with van der Waals surface area (Å²) >= 11 is 0. The highest BCUT2D eigenvalue weighted by atomic mass is 16.3. The molecule has 0 bridgehead atoms. The van der Waals surface area contributed by atoms with Crippen molar-refractivity contribution in [3.8, 4) is 17.6 Å². The minimum atomic E-state index is -0.797. The largest absolute Gasteiger partial charge is 0.508 e. The molecule has 76 valence electrons. The third-order valence-electron chi connectivity index (χ3n) is 1.68. The van der Waals surface area contributed by atoms with E-state index < -0.39 is 5.91 Å². The van der Waals surface area contributed by atoms with Gasteiger partial charge in [0, 0.05) is 11.6 Å². The number of phenols is 2. The van der Waals surface area contributed by atoms with Crippen LogP contribution in [0.3, 0.4) is 0 Å². The quantitative estimate of drug-likeness (QED) is 0.370. The van der Waals surface area contributed by atoms with Crippen molar-refractivity contribution in [3.63, 3.8) is 0 Å². The molecule has 1 aromatic carbocycles. The van der Waals surface area contributed by atoms with E-state index in [2.05, 4.69) is 0 Å². The highest BCUT2D eigenvalue weighted by Gasteiger charge is 2.08. The monoisotopic (exact) mass is 204 g/mol. The molecule has 0 heterocycles. The van der Waals surface area contributed by atoms with Crippen LogP contribution in [0.2, 0.25) is 0 Å². The molecule has 0 fully saturated rings. The Bertz CT molecular complexity index is 472. The number of benzene rings is 1. The summed E-state index contributed by atoms with van der Waals surface area (Å²) < 4.78 is 0. The van der Waals surface area contributed by atoms with Crippen LogP contribution < -0.4 is 5.73 Å². The molecule has 5 heteroatoms. The van der Waals surface area contributed by atoms with Crippen molar-refractivity contribution in [2.24, 2.45) is 5.73 Å². The summed E-state index contributed by atoms with van der Waals surface area (Å²) in [6.45, 7) is 0. The average Bonchev–Trinajstić information content (AvgIpc) is 2.18. The molecular weight excluding hydrogens is 196 g/mol. The summed E-state index contributed by atoms with van der Waals surface area (Å²) in [5, 5.41) is 27.3. The Morgan fingerprint density at radius 3 is 2.67 bits per heavy atom. The minimum Gasteiger partial charge on any atom is -0.508 e. The smallest absolute Gasteiger partial charge is 0.242 e. The predicted molar refractivity (Wildman–Crippen MR) is 52.6 cm³/mol. The third-order valence-corrected chi connectivity index (χ3v) is 1.68. The van der Waals surface area contributed by atoms with Gasteiger partial charge in [0.05, 0.1) is 5.57 Å². The lowest BCUT2D eigenvalue weighted by Crippen LogP contribution is -2.06. The lowest BCUT2D eigenvalue weighted by Gasteiger charge is -2.02. The normalized spacial score (nSPS) is 10.7. The zero-order chi connectivity index (χ0) is 11.4. The van der Waals surface area contributed by atoms with Crippen molar-refractivity contribution in [2.45, 2.75) is 0 Å². The summed E-state index contributed by atoms with van der Waals surface area (Å²) in [7, 11) is 0. The summed E-state index contributed by atoms with van der Waals surface area (Å²) in [5.74, 6) is -1.12.